The van der Waals surface area contributed by atoms with Gasteiger partial charge in [0, 0.05) is 24.8 Å². The number of fused-ring (bicyclic) bond motifs is 1. The number of nitrogens with one attached hydrogen (secondary N) is 1. The van der Waals surface area contributed by atoms with E-state index in [2.05, 4.69) is 25.2 Å². The molecular formula is C16H15F3N4O3S. The Morgan fingerprint density at radius 1 is 1.33 bits per heavy atom. The number of ether oxygens (including phenoxy) is 1. The van der Waals surface area contributed by atoms with Crippen LogP contribution in [0.4, 0.5) is 18.3 Å². The van der Waals surface area contributed by atoms with Gasteiger partial charge >= 0.3 is 6.36 Å². The van der Waals surface area contributed by atoms with Crippen LogP contribution in [-0.2, 0) is 11.2 Å². The molecule has 0 spiro atoms. The van der Waals surface area contributed by atoms with E-state index in [1.807, 2.05) is 13.8 Å². The van der Waals surface area contributed by atoms with Crippen LogP contribution in [0.3, 0.4) is 0 Å². The Morgan fingerprint density at radius 2 is 2.11 bits per heavy atom. The van der Waals surface area contributed by atoms with Gasteiger partial charge in [-0.2, -0.15) is 4.98 Å². The number of aryl methyl sites for hydroxylation is 1. The van der Waals surface area contributed by atoms with Crippen molar-refractivity contribution >= 4 is 32.6 Å². The summed E-state index contributed by atoms with van der Waals surface area (Å²) in [6.07, 6.45) is -4.38. The van der Waals surface area contributed by atoms with Crippen molar-refractivity contribution in [3.63, 3.8) is 0 Å². The molecule has 3 rings (SSSR count). The SMILES string of the molecule is CC(C)c1noc(CCC(=O)Nc2nc3ccc(OC(F)(F)F)cc3s2)n1. The molecule has 0 radical (unpaired) electrons. The van der Waals surface area contributed by atoms with Crippen LogP contribution in [-0.4, -0.2) is 27.4 Å². The van der Waals surface area contributed by atoms with Gasteiger partial charge in [-0.05, 0) is 12.1 Å². The maximum atomic E-state index is 12.3. The monoisotopic (exact) mass is 400 g/mol. The van der Waals surface area contributed by atoms with Crippen LogP contribution in [0, 0.1) is 0 Å². The second-order valence-electron chi connectivity index (χ2n) is 5.95. The Morgan fingerprint density at radius 3 is 2.78 bits per heavy atom. The number of benzene rings is 1. The average molecular weight is 400 g/mol. The summed E-state index contributed by atoms with van der Waals surface area (Å²) < 4.78 is 46.2. The molecule has 11 heteroatoms. The molecule has 0 saturated heterocycles. The summed E-state index contributed by atoms with van der Waals surface area (Å²) in [7, 11) is 0. The van der Waals surface area contributed by atoms with Crippen LogP contribution in [0.25, 0.3) is 10.2 Å². The van der Waals surface area contributed by atoms with E-state index < -0.39 is 6.36 Å². The van der Waals surface area contributed by atoms with Crippen molar-refractivity contribution < 1.29 is 27.2 Å². The van der Waals surface area contributed by atoms with E-state index >= 15 is 0 Å². The molecule has 0 aliphatic rings. The number of alkyl halides is 3. The molecule has 2 aromatic heterocycles. The largest absolute Gasteiger partial charge is 0.573 e. The number of aromatic nitrogens is 3. The molecule has 1 N–H and O–H groups in total. The van der Waals surface area contributed by atoms with Crippen molar-refractivity contribution in [2.45, 2.75) is 39.0 Å². The summed E-state index contributed by atoms with van der Waals surface area (Å²) in [5.41, 5.74) is 0.461. The van der Waals surface area contributed by atoms with Gasteiger partial charge in [-0.25, -0.2) is 4.98 Å². The second kappa shape index (κ2) is 7.51. The first-order valence-corrected chi connectivity index (χ1v) is 8.80. The van der Waals surface area contributed by atoms with E-state index in [-0.39, 0.29) is 35.5 Å². The lowest BCUT2D eigenvalue weighted by Crippen LogP contribution is -2.16. The Hall–Kier alpha value is -2.69. The molecule has 1 amide bonds. The minimum Gasteiger partial charge on any atom is -0.406 e. The molecular weight excluding hydrogens is 385 g/mol. The third-order valence-electron chi connectivity index (χ3n) is 3.41. The van der Waals surface area contributed by atoms with Crippen molar-refractivity contribution in [1.82, 2.24) is 15.1 Å². The summed E-state index contributed by atoms with van der Waals surface area (Å²) in [4.78, 5) is 20.4. The maximum Gasteiger partial charge on any atom is 0.573 e. The van der Waals surface area contributed by atoms with Crippen LogP contribution >= 0.6 is 11.3 Å². The third-order valence-corrected chi connectivity index (χ3v) is 4.34. The zero-order valence-electron chi connectivity index (χ0n) is 14.3. The zero-order chi connectivity index (χ0) is 19.6. The minimum absolute atomic E-state index is 0.109. The molecule has 0 aliphatic carbocycles. The third kappa shape index (κ3) is 5.16. The highest BCUT2D eigenvalue weighted by atomic mass is 32.1. The molecule has 3 aromatic rings. The molecule has 2 heterocycles. The zero-order valence-corrected chi connectivity index (χ0v) is 15.1. The van der Waals surface area contributed by atoms with Crippen LogP contribution in [0.15, 0.2) is 22.7 Å². The number of anilines is 1. The van der Waals surface area contributed by atoms with Crippen LogP contribution in [0.5, 0.6) is 5.75 Å². The van der Waals surface area contributed by atoms with Gasteiger partial charge in [-0.15, -0.1) is 13.2 Å². The lowest BCUT2D eigenvalue weighted by atomic mass is 10.2. The molecule has 0 bridgehead atoms. The normalized spacial score (nSPS) is 11.9. The Balaban J connectivity index is 1.60. The number of thiazole rings is 1. The van der Waals surface area contributed by atoms with Crippen molar-refractivity contribution in [3.8, 4) is 5.75 Å². The fourth-order valence-electron chi connectivity index (χ4n) is 2.16. The van der Waals surface area contributed by atoms with Gasteiger partial charge in [-0.1, -0.05) is 30.3 Å². The van der Waals surface area contributed by atoms with Gasteiger partial charge < -0.3 is 14.6 Å². The number of halogens is 3. The first-order chi connectivity index (χ1) is 12.7. The first-order valence-electron chi connectivity index (χ1n) is 7.98. The van der Waals surface area contributed by atoms with E-state index in [1.54, 1.807) is 0 Å². The summed E-state index contributed by atoms with van der Waals surface area (Å²) in [6, 6.07) is 3.79. The summed E-state index contributed by atoms with van der Waals surface area (Å²) >= 11 is 1.05. The Kier molecular flexibility index (Phi) is 5.31. The Bertz CT molecular complexity index is 952. The van der Waals surface area contributed by atoms with Crippen molar-refractivity contribution in [1.29, 1.82) is 0 Å². The number of carbonyl (C=O) groups excluding carboxylic acids is 1. The lowest BCUT2D eigenvalue weighted by molar-refractivity contribution is -0.274. The quantitative estimate of drug-likeness (QED) is 0.665. The highest BCUT2D eigenvalue weighted by molar-refractivity contribution is 7.22. The standard InChI is InChI=1S/C16H15F3N4O3S/c1-8(2)14-22-13(26-23-14)6-5-12(24)21-15-20-10-4-3-9(7-11(10)27-15)25-16(17,18)19/h3-4,7-8H,5-6H2,1-2H3,(H,20,21,24). The molecule has 0 atom stereocenters. The summed E-state index contributed by atoms with van der Waals surface area (Å²) in [5.74, 6) is 0.421. The molecule has 7 nitrogen and oxygen atoms in total. The molecule has 0 saturated carbocycles. The topological polar surface area (TPSA) is 90.1 Å². The number of rotatable bonds is 6. The van der Waals surface area contributed by atoms with E-state index in [4.69, 9.17) is 4.52 Å². The van der Waals surface area contributed by atoms with Gasteiger partial charge in [0.05, 0.1) is 10.2 Å². The second-order valence-corrected chi connectivity index (χ2v) is 6.98. The smallest absolute Gasteiger partial charge is 0.406 e. The van der Waals surface area contributed by atoms with Gasteiger partial charge in [0.25, 0.3) is 0 Å². The van der Waals surface area contributed by atoms with Gasteiger partial charge in [0.2, 0.25) is 11.8 Å². The maximum absolute atomic E-state index is 12.3. The van der Waals surface area contributed by atoms with E-state index in [0.717, 1.165) is 11.3 Å². The number of hydrogen-bond donors (Lipinski definition) is 1. The fourth-order valence-corrected chi connectivity index (χ4v) is 3.07. The number of nitrogens with zero attached hydrogens (tertiary/aromatic N) is 3. The summed E-state index contributed by atoms with van der Waals surface area (Å²) in [5, 5.41) is 6.72. The van der Waals surface area contributed by atoms with E-state index in [1.165, 1.54) is 18.2 Å². The minimum atomic E-state index is -4.76. The molecule has 0 fully saturated rings. The van der Waals surface area contributed by atoms with Gasteiger partial charge in [0.1, 0.15) is 5.75 Å². The Labute approximate surface area is 155 Å². The average Bonchev–Trinajstić information content (AvgIpc) is 3.17. The van der Waals surface area contributed by atoms with Crippen molar-refractivity contribution in [2.24, 2.45) is 0 Å². The highest BCUT2D eigenvalue weighted by Gasteiger charge is 2.31. The lowest BCUT2D eigenvalue weighted by Gasteiger charge is -2.07. The van der Waals surface area contributed by atoms with Crippen LogP contribution in [0.2, 0.25) is 0 Å². The molecule has 144 valence electrons. The predicted octanol–water partition coefficient (Wildman–Crippen LogP) is 4.27. The van der Waals surface area contributed by atoms with E-state index in [9.17, 15) is 18.0 Å². The van der Waals surface area contributed by atoms with Crippen LogP contribution in [0.1, 0.15) is 37.9 Å². The molecule has 0 aliphatic heterocycles. The first kappa shape index (κ1) is 19.1. The van der Waals surface area contributed by atoms with Crippen molar-refractivity contribution in [3.05, 3.63) is 29.9 Å². The van der Waals surface area contributed by atoms with Gasteiger partial charge in [-0.3, -0.25) is 4.79 Å². The van der Waals surface area contributed by atoms with Crippen LogP contribution < -0.4 is 10.1 Å². The number of carbonyl (C=O) groups is 1. The van der Waals surface area contributed by atoms with Crippen molar-refractivity contribution in [2.75, 3.05) is 5.32 Å². The molecule has 1 aromatic carbocycles. The fraction of sp³-hybridized carbons (Fsp3) is 0.375. The predicted molar refractivity (Wildman–Crippen MR) is 91.6 cm³/mol. The van der Waals surface area contributed by atoms with Gasteiger partial charge in [0.15, 0.2) is 11.0 Å². The van der Waals surface area contributed by atoms with E-state index in [0.29, 0.717) is 21.9 Å². The number of amides is 1. The summed E-state index contributed by atoms with van der Waals surface area (Å²) in [6.45, 7) is 3.86. The molecule has 0 unspecified atom stereocenters. The molecule has 27 heavy (non-hydrogen) atoms. The highest BCUT2D eigenvalue weighted by Crippen LogP contribution is 2.31. The number of hydrogen-bond acceptors (Lipinski definition) is 7.